The van der Waals surface area contributed by atoms with E-state index in [1.54, 1.807) is 6.07 Å². The number of benzene rings is 1. The van der Waals surface area contributed by atoms with Gasteiger partial charge in [0, 0.05) is 24.7 Å². The second kappa shape index (κ2) is 5.31. The average Bonchev–Trinajstić information content (AvgIpc) is 2.46. The molecule has 3 N–H and O–H groups in total. The van der Waals surface area contributed by atoms with Crippen LogP contribution >= 0.6 is 0 Å². The Morgan fingerprint density at radius 2 is 2.05 bits per heavy atom. The molecule has 1 unspecified atom stereocenters. The van der Waals surface area contributed by atoms with Gasteiger partial charge in [0.1, 0.15) is 0 Å². The Morgan fingerprint density at radius 1 is 1.32 bits per heavy atom. The van der Waals surface area contributed by atoms with Crippen molar-refractivity contribution < 1.29 is 4.79 Å². The number of fused-ring (bicyclic) bond motifs is 3. The van der Waals surface area contributed by atoms with Crippen LogP contribution in [0.4, 0.5) is 0 Å². The number of primary amides is 1. The second-order valence-corrected chi connectivity index (χ2v) is 5.65. The molecule has 4 heteroatoms. The highest BCUT2D eigenvalue weighted by molar-refractivity contribution is 5.94. The van der Waals surface area contributed by atoms with Crippen molar-refractivity contribution in [1.82, 2.24) is 10.2 Å². The standard InChI is InChI=1S/C15H21N3O/c16-15(19)13-4-2-1-3-12(13)9-17-14-10-18-7-5-11(14)6-8-18/h1-4,11,14,17H,5-10H2,(H2,16,19). The fourth-order valence-electron chi connectivity index (χ4n) is 3.35. The van der Waals surface area contributed by atoms with Gasteiger partial charge in [-0.3, -0.25) is 4.79 Å². The van der Waals surface area contributed by atoms with Crippen LogP contribution in [0.25, 0.3) is 0 Å². The van der Waals surface area contributed by atoms with Crippen LogP contribution in [0.1, 0.15) is 28.8 Å². The highest BCUT2D eigenvalue weighted by Gasteiger charge is 2.33. The van der Waals surface area contributed by atoms with E-state index in [1.807, 2.05) is 18.2 Å². The topological polar surface area (TPSA) is 58.4 Å². The van der Waals surface area contributed by atoms with E-state index in [9.17, 15) is 4.79 Å². The highest BCUT2D eigenvalue weighted by atomic mass is 16.1. The van der Waals surface area contributed by atoms with Crippen molar-refractivity contribution in [2.24, 2.45) is 11.7 Å². The number of carbonyl (C=O) groups excluding carboxylic acids is 1. The summed E-state index contributed by atoms with van der Waals surface area (Å²) in [5.74, 6) is 0.456. The van der Waals surface area contributed by atoms with Crippen LogP contribution < -0.4 is 11.1 Å². The molecule has 1 amide bonds. The minimum Gasteiger partial charge on any atom is -0.366 e. The molecule has 3 aliphatic heterocycles. The first-order chi connectivity index (χ1) is 9.24. The third-order valence-corrected chi connectivity index (χ3v) is 4.49. The number of nitrogens with one attached hydrogen (secondary N) is 1. The summed E-state index contributed by atoms with van der Waals surface area (Å²) >= 11 is 0. The van der Waals surface area contributed by atoms with Crippen LogP contribution in [0.5, 0.6) is 0 Å². The summed E-state index contributed by atoms with van der Waals surface area (Å²) in [5.41, 5.74) is 7.05. The van der Waals surface area contributed by atoms with Crippen molar-refractivity contribution in [3.05, 3.63) is 35.4 Å². The molecule has 0 aromatic heterocycles. The zero-order valence-corrected chi connectivity index (χ0v) is 11.1. The number of rotatable bonds is 4. The van der Waals surface area contributed by atoms with Gasteiger partial charge in [-0.25, -0.2) is 0 Å². The van der Waals surface area contributed by atoms with Crippen LogP contribution in [-0.2, 0) is 6.54 Å². The molecule has 1 atom stereocenters. The van der Waals surface area contributed by atoms with E-state index in [0.717, 1.165) is 24.6 Å². The zero-order chi connectivity index (χ0) is 13.2. The second-order valence-electron chi connectivity index (χ2n) is 5.65. The monoisotopic (exact) mass is 259 g/mol. The first-order valence-electron chi connectivity index (χ1n) is 7.07. The van der Waals surface area contributed by atoms with Gasteiger partial charge in [-0.2, -0.15) is 0 Å². The first-order valence-corrected chi connectivity index (χ1v) is 7.07. The normalized spacial score (nSPS) is 29.4. The number of amides is 1. The Balaban J connectivity index is 1.65. The fourth-order valence-corrected chi connectivity index (χ4v) is 3.35. The summed E-state index contributed by atoms with van der Waals surface area (Å²) in [6.07, 6.45) is 2.60. The summed E-state index contributed by atoms with van der Waals surface area (Å²) in [4.78, 5) is 13.9. The Bertz CT molecular complexity index is 466. The van der Waals surface area contributed by atoms with Gasteiger partial charge in [-0.1, -0.05) is 18.2 Å². The lowest BCUT2D eigenvalue weighted by Gasteiger charge is -2.45. The molecule has 4 rings (SSSR count). The molecule has 1 aromatic carbocycles. The molecule has 0 spiro atoms. The molecule has 0 aliphatic carbocycles. The Morgan fingerprint density at radius 3 is 2.68 bits per heavy atom. The molecule has 3 fully saturated rings. The van der Waals surface area contributed by atoms with Gasteiger partial charge in [0.05, 0.1) is 0 Å². The van der Waals surface area contributed by atoms with Gasteiger partial charge < -0.3 is 16.0 Å². The largest absolute Gasteiger partial charge is 0.366 e. The van der Waals surface area contributed by atoms with E-state index in [0.29, 0.717) is 11.6 Å². The number of hydrogen-bond acceptors (Lipinski definition) is 3. The maximum Gasteiger partial charge on any atom is 0.249 e. The molecule has 0 saturated carbocycles. The lowest BCUT2D eigenvalue weighted by atomic mass is 9.84. The quantitative estimate of drug-likeness (QED) is 0.847. The lowest BCUT2D eigenvalue weighted by molar-refractivity contribution is 0.0719. The summed E-state index contributed by atoms with van der Waals surface area (Å²) in [7, 11) is 0. The van der Waals surface area contributed by atoms with Gasteiger partial charge >= 0.3 is 0 Å². The molecule has 2 bridgehead atoms. The van der Waals surface area contributed by atoms with E-state index in [-0.39, 0.29) is 5.91 Å². The number of nitrogens with zero attached hydrogens (tertiary/aromatic N) is 1. The van der Waals surface area contributed by atoms with E-state index >= 15 is 0 Å². The lowest BCUT2D eigenvalue weighted by Crippen LogP contribution is -2.55. The predicted octanol–water partition coefficient (Wildman–Crippen LogP) is 0.969. The van der Waals surface area contributed by atoms with E-state index in [2.05, 4.69) is 10.2 Å². The number of hydrogen-bond donors (Lipinski definition) is 2. The van der Waals surface area contributed by atoms with E-state index in [1.165, 1.54) is 25.9 Å². The number of nitrogens with two attached hydrogens (primary N) is 1. The minimum absolute atomic E-state index is 0.341. The highest BCUT2D eigenvalue weighted by Crippen LogP contribution is 2.27. The van der Waals surface area contributed by atoms with Crippen molar-refractivity contribution in [3.8, 4) is 0 Å². The van der Waals surface area contributed by atoms with Gasteiger partial charge in [-0.05, 0) is 43.5 Å². The maximum absolute atomic E-state index is 11.4. The molecule has 1 aromatic rings. The van der Waals surface area contributed by atoms with Crippen molar-refractivity contribution in [2.75, 3.05) is 19.6 Å². The summed E-state index contributed by atoms with van der Waals surface area (Å²) in [6, 6.07) is 8.16. The minimum atomic E-state index is -0.341. The van der Waals surface area contributed by atoms with Gasteiger partial charge in [0.15, 0.2) is 0 Å². The van der Waals surface area contributed by atoms with Gasteiger partial charge in [0.2, 0.25) is 5.91 Å². The van der Waals surface area contributed by atoms with Crippen molar-refractivity contribution >= 4 is 5.91 Å². The summed E-state index contributed by atoms with van der Waals surface area (Å²) in [6.45, 7) is 4.37. The predicted molar refractivity (Wildman–Crippen MR) is 74.8 cm³/mol. The fraction of sp³-hybridized carbons (Fsp3) is 0.533. The molecule has 3 saturated heterocycles. The molecular weight excluding hydrogens is 238 g/mol. The smallest absolute Gasteiger partial charge is 0.249 e. The van der Waals surface area contributed by atoms with Gasteiger partial charge in [0.25, 0.3) is 0 Å². The summed E-state index contributed by atoms with van der Waals surface area (Å²) in [5, 5.41) is 3.62. The van der Waals surface area contributed by atoms with Crippen molar-refractivity contribution in [1.29, 1.82) is 0 Å². The zero-order valence-electron chi connectivity index (χ0n) is 11.1. The summed E-state index contributed by atoms with van der Waals surface area (Å²) < 4.78 is 0. The molecule has 102 valence electrons. The van der Waals surface area contributed by atoms with Crippen LogP contribution in [0, 0.1) is 5.92 Å². The molecule has 3 heterocycles. The molecule has 4 nitrogen and oxygen atoms in total. The molecule has 19 heavy (non-hydrogen) atoms. The Kier molecular flexibility index (Phi) is 3.53. The third-order valence-electron chi connectivity index (χ3n) is 4.49. The average molecular weight is 259 g/mol. The van der Waals surface area contributed by atoms with Crippen LogP contribution in [0.3, 0.4) is 0 Å². The molecule has 0 radical (unpaired) electrons. The van der Waals surface area contributed by atoms with Crippen LogP contribution in [0.2, 0.25) is 0 Å². The Hall–Kier alpha value is -1.39. The molecular formula is C15H21N3O. The SMILES string of the molecule is NC(=O)c1ccccc1CNC1CN2CCC1CC2. The van der Waals surface area contributed by atoms with Crippen molar-refractivity contribution in [3.63, 3.8) is 0 Å². The number of carbonyl (C=O) groups is 1. The molecule has 3 aliphatic rings. The third kappa shape index (κ3) is 2.65. The first kappa shape index (κ1) is 12.6. The van der Waals surface area contributed by atoms with Crippen LogP contribution in [0.15, 0.2) is 24.3 Å². The van der Waals surface area contributed by atoms with Crippen LogP contribution in [-0.4, -0.2) is 36.5 Å². The Labute approximate surface area is 114 Å². The van der Waals surface area contributed by atoms with Crippen molar-refractivity contribution in [2.45, 2.75) is 25.4 Å². The number of piperidine rings is 3. The maximum atomic E-state index is 11.4. The van der Waals surface area contributed by atoms with E-state index < -0.39 is 0 Å². The van der Waals surface area contributed by atoms with E-state index in [4.69, 9.17) is 5.73 Å². The van der Waals surface area contributed by atoms with Gasteiger partial charge in [-0.15, -0.1) is 0 Å².